The van der Waals surface area contributed by atoms with Gasteiger partial charge in [-0.15, -0.1) is 0 Å². The zero-order valence-electron chi connectivity index (χ0n) is 15.2. The number of hydrogen-bond acceptors (Lipinski definition) is 3. The Morgan fingerprint density at radius 3 is 2.62 bits per heavy atom. The van der Waals surface area contributed by atoms with Crippen molar-refractivity contribution in [2.45, 2.75) is 44.8 Å². The molecule has 4 nitrogen and oxygen atoms in total. The molecule has 1 aliphatic heterocycles. The molecule has 2 N–H and O–H groups in total. The lowest BCUT2D eigenvalue weighted by atomic mass is 10.1. The van der Waals surface area contributed by atoms with Crippen molar-refractivity contribution in [3.63, 3.8) is 0 Å². The van der Waals surface area contributed by atoms with Gasteiger partial charge in [0.2, 0.25) is 5.91 Å². The molecular weight excluding hydrogens is 324 g/mol. The number of ether oxygens (including phenoxy) is 1. The number of benzene rings is 2. The molecule has 1 atom stereocenters. The second-order valence-corrected chi connectivity index (χ2v) is 6.85. The monoisotopic (exact) mass is 352 g/mol. The smallest absolute Gasteiger partial charge is 0.220 e. The van der Waals surface area contributed by atoms with E-state index in [9.17, 15) is 4.79 Å². The molecule has 138 valence electrons. The number of rotatable bonds is 9. The molecule has 0 spiro atoms. The third kappa shape index (κ3) is 6.19. The fourth-order valence-electron chi connectivity index (χ4n) is 3.24. The van der Waals surface area contributed by atoms with E-state index in [1.165, 1.54) is 18.4 Å². The van der Waals surface area contributed by atoms with Crippen molar-refractivity contribution in [3.8, 4) is 5.75 Å². The summed E-state index contributed by atoms with van der Waals surface area (Å²) >= 11 is 0. The molecule has 4 heteroatoms. The number of nitrogens with one attached hydrogen (secondary N) is 2. The fourth-order valence-corrected chi connectivity index (χ4v) is 3.24. The molecule has 2 aromatic carbocycles. The standard InChI is InChI=1S/C22H28N2O2/c25-22(13-10-20-7-4-15-23-20)24-16-14-18-8-11-21(12-9-18)26-17-19-5-2-1-3-6-19/h1-3,5-6,8-9,11-12,20,23H,4,7,10,13-17H2,(H,24,25). The predicted molar refractivity (Wildman–Crippen MR) is 104 cm³/mol. The van der Waals surface area contributed by atoms with E-state index in [-0.39, 0.29) is 5.91 Å². The van der Waals surface area contributed by atoms with Crippen LogP contribution in [0.5, 0.6) is 5.75 Å². The Morgan fingerprint density at radius 1 is 1.08 bits per heavy atom. The van der Waals surface area contributed by atoms with Crippen LogP contribution in [0.25, 0.3) is 0 Å². The lowest BCUT2D eigenvalue weighted by Gasteiger charge is -2.10. The first kappa shape index (κ1) is 18.5. The topological polar surface area (TPSA) is 50.4 Å². The van der Waals surface area contributed by atoms with Crippen LogP contribution in [-0.4, -0.2) is 25.0 Å². The normalized spacial score (nSPS) is 16.4. The quantitative estimate of drug-likeness (QED) is 0.727. The van der Waals surface area contributed by atoms with Crippen molar-refractivity contribution < 1.29 is 9.53 Å². The summed E-state index contributed by atoms with van der Waals surface area (Å²) in [6.07, 6.45) is 4.83. The molecule has 0 aromatic heterocycles. The summed E-state index contributed by atoms with van der Waals surface area (Å²) in [7, 11) is 0. The molecule has 2 aromatic rings. The molecule has 1 saturated heterocycles. The Hall–Kier alpha value is -2.33. The molecule has 1 fully saturated rings. The summed E-state index contributed by atoms with van der Waals surface area (Å²) in [5.74, 6) is 1.02. The summed E-state index contributed by atoms with van der Waals surface area (Å²) in [5.41, 5.74) is 2.36. The van der Waals surface area contributed by atoms with E-state index < -0.39 is 0 Å². The van der Waals surface area contributed by atoms with Crippen LogP contribution in [0.4, 0.5) is 0 Å². The van der Waals surface area contributed by atoms with Crippen molar-refractivity contribution in [1.82, 2.24) is 10.6 Å². The Bertz CT molecular complexity index is 664. The van der Waals surface area contributed by atoms with Gasteiger partial charge >= 0.3 is 0 Å². The van der Waals surface area contributed by atoms with Gasteiger partial charge < -0.3 is 15.4 Å². The van der Waals surface area contributed by atoms with Crippen molar-refractivity contribution in [3.05, 3.63) is 65.7 Å². The number of amides is 1. The highest BCUT2D eigenvalue weighted by molar-refractivity contribution is 5.75. The number of carbonyl (C=O) groups excluding carboxylic acids is 1. The molecule has 3 rings (SSSR count). The first-order valence-corrected chi connectivity index (χ1v) is 9.55. The van der Waals surface area contributed by atoms with Gasteiger partial charge in [-0.05, 0) is 55.5 Å². The van der Waals surface area contributed by atoms with Crippen LogP contribution >= 0.6 is 0 Å². The van der Waals surface area contributed by atoms with Crippen LogP contribution in [0, 0.1) is 0 Å². The van der Waals surface area contributed by atoms with Crippen molar-refractivity contribution in [2.24, 2.45) is 0 Å². The van der Waals surface area contributed by atoms with Gasteiger partial charge in [-0.25, -0.2) is 0 Å². The van der Waals surface area contributed by atoms with E-state index in [2.05, 4.69) is 34.9 Å². The molecule has 0 saturated carbocycles. The van der Waals surface area contributed by atoms with Gasteiger partial charge in [0.05, 0.1) is 0 Å². The van der Waals surface area contributed by atoms with Crippen molar-refractivity contribution in [2.75, 3.05) is 13.1 Å². The SMILES string of the molecule is O=C(CCC1CCCN1)NCCc1ccc(OCc2ccccc2)cc1. The highest BCUT2D eigenvalue weighted by Crippen LogP contribution is 2.14. The van der Waals surface area contributed by atoms with Gasteiger partial charge in [0, 0.05) is 19.0 Å². The van der Waals surface area contributed by atoms with Gasteiger partial charge in [0.1, 0.15) is 12.4 Å². The van der Waals surface area contributed by atoms with Gasteiger partial charge in [-0.1, -0.05) is 42.5 Å². The second-order valence-electron chi connectivity index (χ2n) is 6.85. The lowest BCUT2D eigenvalue weighted by Crippen LogP contribution is -2.28. The van der Waals surface area contributed by atoms with Crippen LogP contribution < -0.4 is 15.4 Å². The Balaban J connectivity index is 1.32. The van der Waals surface area contributed by atoms with E-state index in [0.29, 0.717) is 25.6 Å². The summed E-state index contributed by atoms with van der Waals surface area (Å²) in [5, 5.41) is 6.45. The van der Waals surface area contributed by atoms with Gasteiger partial charge in [0.25, 0.3) is 0 Å². The van der Waals surface area contributed by atoms with Crippen molar-refractivity contribution >= 4 is 5.91 Å². The zero-order chi connectivity index (χ0) is 18.0. The van der Waals surface area contributed by atoms with Crippen LogP contribution in [-0.2, 0) is 17.8 Å². The summed E-state index contributed by atoms with van der Waals surface area (Å²) in [4.78, 5) is 11.9. The van der Waals surface area contributed by atoms with Gasteiger partial charge in [-0.2, -0.15) is 0 Å². The molecule has 26 heavy (non-hydrogen) atoms. The summed E-state index contributed by atoms with van der Waals surface area (Å²) in [6, 6.07) is 18.8. The maximum absolute atomic E-state index is 11.9. The Morgan fingerprint density at radius 2 is 1.88 bits per heavy atom. The van der Waals surface area contributed by atoms with Crippen molar-refractivity contribution in [1.29, 1.82) is 0 Å². The molecule has 1 unspecified atom stereocenters. The number of hydrogen-bond donors (Lipinski definition) is 2. The van der Waals surface area contributed by atoms with E-state index in [1.54, 1.807) is 0 Å². The van der Waals surface area contributed by atoms with E-state index in [4.69, 9.17) is 4.74 Å². The molecule has 0 bridgehead atoms. The third-order valence-electron chi connectivity index (χ3n) is 4.79. The maximum Gasteiger partial charge on any atom is 0.220 e. The molecule has 1 aliphatic rings. The first-order valence-electron chi connectivity index (χ1n) is 9.55. The summed E-state index contributed by atoms with van der Waals surface area (Å²) < 4.78 is 5.79. The summed E-state index contributed by atoms with van der Waals surface area (Å²) in [6.45, 7) is 2.35. The largest absolute Gasteiger partial charge is 0.489 e. The molecule has 0 aliphatic carbocycles. The van der Waals surface area contributed by atoms with Crippen LogP contribution in [0.2, 0.25) is 0 Å². The first-order chi connectivity index (χ1) is 12.8. The fraction of sp³-hybridized carbons (Fsp3) is 0.409. The minimum atomic E-state index is 0.154. The molecular formula is C22H28N2O2. The predicted octanol–water partition coefficient (Wildman–Crippen LogP) is 3.46. The lowest BCUT2D eigenvalue weighted by molar-refractivity contribution is -0.121. The Labute approximate surface area is 156 Å². The third-order valence-corrected chi connectivity index (χ3v) is 4.79. The maximum atomic E-state index is 11.9. The van der Waals surface area contributed by atoms with Crippen LogP contribution in [0.15, 0.2) is 54.6 Å². The van der Waals surface area contributed by atoms with Crippen LogP contribution in [0.1, 0.15) is 36.8 Å². The highest BCUT2D eigenvalue weighted by atomic mass is 16.5. The minimum Gasteiger partial charge on any atom is -0.489 e. The average Bonchev–Trinajstić information content (AvgIpc) is 3.20. The molecule has 1 amide bonds. The Kier molecular flexibility index (Phi) is 7.08. The van der Waals surface area contributed by atoms with E-state index >= 15 is 0 Å². The molecule has 0 radical (unpaired) electrons. The van der Waals surface area contributed by atoms with Gasteiger partial charge in [-0.3, -0.25) is 4.79 Å². The van der Waals surface area contributed by atoms with Gasteiger partial charge in [0.15, 0.2) is 0 Å². The zero-order valence-corrected chi connectivity index (χ0v) is 15.2. The average molecular weight is 352 g/mol. The minimum absolute atomic E-state index is 0.154. The number of carbonyl (C=O) groups is 1. The highest BCUT2D eigenvalue weighted by Gasteiger charge is 2.14. The second kappa shape index (κ2) is 9.97. The van der Waals surface area contributed by atoms with E-state index in [0.717, 1.165) is 30.7 Å². The van der Waals surface area contributed by atoms with E-state index in [1.807, 2.05) is 30.3 Å². The van der Waals surface area contributed by atoms with Crippen LogP contribution in [0.3, 0.4) is 0 Å². The molecule has 1 heterocycles.